The number of rotatable bonds is 9. The summed E-state index contributed by atoms with van der Waals surface area (Å²) in [4.78, 5) is 75.0. The SMILES string of the molecule is CC(C)O/N=C(\C(=O)NC1C(=O)N2C(C(=O)O)=C(CSc3nc(=O)c(=O)[nH]n3C)CS[C@H]12)c1nsc(N)n1. The Bertz CT molecular complexity index is 1480. The highest BCUT2D eigenvalue weighted by atomic mass is 32.2. The van der Waals surface area contributed by atoms with E-state index in [1.54, 1.807) is 13.8 Å². The van der Waals surface area contributed by atoms with Gasteiger partial charge in [-0.2, -0.15) is 14.3 Å². The highest BCUT2D eigenvalue weighted by Crippen LogP contribution is 2.41. The molecule has 4 heterocycles. The number of aromatic nitrogens is 5. The molecule has 2 aromatic heterocycles. The molecule has 2 aromatic rings. The molecule has 0 saturated carbocycles. The summed E-state index contributed by atoms with van der Waals surface area (Å²) in [5.74, 6) is -2.47. The molecule has 2 aliphatic rings. The van der Waals surface area contributed by atoms with Crippen LogP contribution in [0, 0.1) is 0 Å². The van der Waals surface area contributed by atoms with Gasteiger partial charge in [0.05, 0.1) is 0 Å². The van der Waals surface area contributed by atoms with Crippen LogP contribution in [-0.2, 0) is 26.3 Å². The van der Waals surface area contributed by atoms with Gasteiger partial charge in [0.15, 0.2) is 10.3 Å². The van der Waals surface area contributed by atoms with Gasteiger partial charge in [0.2, 0.25) is 11.5 Å². The molecule has 0 aliphatic carbocycles. The Balaban J connectivity index is 1.52. The van der Waals surface area contributed by atoms with Gasteiger partial charge in [-0.25, -0.2) is 4.79 Å². The summed E-state index contributed by atoms with van der Waals surface area (Å²) in [7, 11) is 1.49. The average molecular weight is 584 g/mol. The Morgan fingerprint density at radius 3 is 2.71 bits per heavy atom. The van der Waals surface area contributed by atoms with Crippen LogP contribution in [0.3, 0.4) is 0 Å². The highest BCUT2D eigenvalue weighted by Gasteiger charge is 2.54. The molecule has 0 bridgehead atoms. The summed E-state index contributed by atoms with van der Waals surface area (Å²) in [5, 5.41) is 18.2. The van der Waals surface area contributed by atoms with Gasteiger partial charge in [-0.1, -0.05) is 16.9 Å². The number of hydrogen-bond donors (Lipinski definition) is 4. The summed E-state index contributed by atoms with van der Waals surface area (Å²) in [6.07, 6.45) is -0.350. The summed E-state index contributed by atoms with van der Waals surface area (Å²) >= 11 is 3.15. The van der Waals surface area contributed by atoms with Crippen LogP contribution in [0.15, 0.2) is 31.2 Å². The van der Waals surface area contributed by atoms with Gasteiger partial charge in [0, 0.05) is 30.1 Å². The Kier molecular flexibility index (Phi) is 7.88. The standard InChI is InChI=1S/C19H21N9O7S3/c1-6(2)35-25-8(11-22-18(20)38-26-11)12(29)21-9-15(32)28-10(17(33)34)7(4-36-16(9)28)5-37-19-23-13(30)14(31)24-27(19)3/h6,9,16H,4-5H2,1-3H3,(H,21,29)(H,24,31)(H,33,34)(H2,20,22,26)/b25-8-/t9?,16-/m1/s1. The van der Waals surface area contributed by atoms with Crippen molar-refractivity contribution in [1.29, 1.82) is 0 Å². The molecule has 2 amide bonds. The third-order valence-corrected chi connectivity index (χ3v) is 8.08. The third kappa shape index (κ3) is 5.43. The maximum Gasteiger partial charge on any atom is 0.352 e. The van der Waals surface area contributed by atoms with Crippen molar-refractivity contribution < 1.29 is 24.3 Å². The number of aryl methyl sites for hydroxylation is 1. The third-order valence-electron chi connectivity index (χ3n) is 5.08. The Morgan fingerprint density at radius 1 is 1.34 bits per heavy atom. The number of β-lactam (4-membered cyclic amide) rings is 1. The van der Waals surface area contributed by atoms with Crippen LogP contribution in [0.1, 0.15) is 19.7 Å². The number of carboxylic acid groups (broad SMARTS) is 1. The number of nitrogen functional groups attached to an aromatic ring is 1. The number of nitrogens with one attached hydrogen (secondary N) is 2. The van der Waals surface area contributed by atoms with Crippen LogP contribution >= 0.6 is 35.1 Å². The van der Waals surface area contributed by atoms with Crippen molar-refractivity contribution in [3.8, 4) is 0 Å². The number of anilines is 1. The fraction of sp³-hybridized carbons (Fsp3) is 0.421. The second-order valence-corrected chi connectivity index (χ2v) is 11.0. The van der Waals surface area contributed by atoms with E-state index in [-0.39, 0.29) is 45.1 Å². The second-order valence-electron chi connectivity index (χ2n) is 8.16. The average Bonchev–Trinajstić information content (AvgIpc) is 3.28. The molecule has 0 aromatic carbocycles. The lowest BCUT2D eigenvalue weighted by Crippen LogP contribution is -2.71. The predicted molar refractivity (Wildman–Crippen MR) is 138 cm³/mol. The van der Waals surface area contributed by atoms with Crippen LogP contribution in [0.2, 0.25) is 0 Å². The molecule has 0 radical (unpaired) electrons. The topological polar surface area (TPSA) is 228 Å². The van der Waals surface area contributed by atoms with E-state index in [1.807, 2.05) is 0 Å². The number of hydrogen-bond acceptors (Lipinski definition) is 14. The number of aromatic amines is 1. The number of nitrogens with zero attached hydrogens (tertiary/aromatic N) is 6. The monoisotopic (exact) mass is 583 g/mol. The second kappa shape index (κ2) is 11.0. The van der Waals surface area contributed by atoms with Crippen molar-refractivity contribution in [2.75, 3.05) is 17.2 Å². The molecule has 2 aliphatic heterocycles. The van der Waals surface area contributed by atoms with Crippen molar-refractivity contribution in [1.82, 2.24) is 34.3 Å². The number of aliphatic carboxylic acids is 1. The normalized spacial score (nSPS) is 19.3. The van der Waals surface area contributed by atoms with Crippen LogP contribution in [-0.4, -0.2) is 86.6 Å². The molecular weight excluding hydrogens is 562 g/mol. The molecular formula is C19H21N9O7S3. The van der Waals surface area contributed by atoms with Crippen molar-refractivity contribution in [2.24, 2.45) is 12.2 Å². The van der Waals surface area contributed by atoms with Gasteiger partial charge in [-0.3, -0.25) is 33.9 Å². The Morgan fingerprint density at radius 2 is 2.08 bits per heavy atom. The summed E-state index contributed by atoms with van der Waals surface area (Å²) in [6, 6.07) is -1.03. The first kappa shape index (κ1) is 27.3. The zero-order chi connectivity index (χ0) is 27.7. The Hall–Kier alpha value is -3.71. The van der Waals surface area contributed by atoms with E-state index >= 15 is 0 Å². The molecule has 0 spiro atoms. The number of carbonyl (C=O) groups is 3. The molecule has 5 N–H and O–H groups in total. The maximum absolute atomic E-state index is 13.0. The fourth-order valence-electron chi connectivity index (χ4n) is 3.42. The molecule has 19 heteroatoms. The lowest BCUT2D eigenvalue weighted by atomic mass is 10.0. The van der Waals surface area contributed by atoms with E-state index in [2.05, 4.69) is 29.9 Å². The zero-order valence-electron chi connectivity index (χ0n) is 20.0. The number of carboxylic acids is 1. The summed E-state index contributed by atoms with van der Waals surface area (Å²) in [5.41, 5.74) is 3.70. The molecule has 1 saturated heterocycles. The van der Waals surface area contributed by atoms with Crippen LogP contribution in [0.4, 0.5) is 5.13 Å². The van der Waals surface area contributed by atoms with Gasteiger partial charge >= 0.3 is 17.1 Å². The van der Waals surface area contributed by atoms with E-state index < -0.39 is 40.3 Å². The van der Waals surface area contributed by atoms with E-state index in [4.69, 9.17) is 10.6 Å². The number of amides is 2. The molecule has 202 valence electrons. The van der Waals surface area contributed by atoms with Crippen molar-refractivity contribution in [3.05, 3.63) is 37.8 Å². The first-order valence-electron chi connectivity index (χ1n) is 10.8. The van der Waals surface area contributed by atoms with Crippen molar-refractivity contribution in [2.45, 2.75) is 36.5 Å². The number of nitrogens with two attached hydrogens (primary N) is 1. The molecule has 1 fully saturated rings. The lowest BCUT2D eigenvalue weighted by molar-refractivity contribution is -0.150. The van der Waals surface area contributed by atoms with E-state index in [0.29, 0.717) is 5.57 Å². The minimum absolute atomic E-state index is 0.0683. The zero-order valence-corrected chi connectivity index (χ0v) is 22.5. The highest BCUT2D eigenvalue weighted by molar-refractivity contribution is 8.01. The maximum atomic E-state index is 13.0. The van der Waals surface area contributed by atoms with Gasteiger partial charge in [0.25, 0.3) is 11.8 Å². The number of fused-ring (bicyclic) bond motifs is 1. The fourth-order valence-corrected chi connectivity index (χ4v) is 6.26. The van der Waals surface area contributed by atoms with Gasteiger partial charge in [0.1, 0.15) is 23.2 Å². The minimum atomic E-state index is -1.32. The van der Waals surface area contributed by atoms with E-state index in [1.165, 1.54) is 23.5 Å². The first-order valence-corrected chi connectivity index (χ1v) is 13.6. The number of oxime groups is 1. The summed E-state index contributed by atoms with van der Waals surface area (Å²) in [6.45, 7) is 3.41. The largest absolute Gasteiger partial charge is 0.477 e. The van der Waals surface area contributed by atoms with Crippen molar-refractivity contribution >= 4 is 63.7 Å². The number of carbonyl (C=O) groups excluding carboxylic acids is 2. The minimum Gasteiger partial charge on any atom is -0.477 e. The van der Waals surface area contributed by atoms with E-state index in [9.17, 15) is 29.1 Å². The molecule has 4 rings (SSSR count). The molecule has 1 unspecified atom stereocenters. The van der Waals surface area contributed by atoms with Crippen LogP contribution in [0.25, 0.3) is 0 Å². The smallest absolute Gasteiger partial charge is 0.352 e. The van der Waals surface area contributed by atoms with Crippen LogP contribution < -0.4 is 22.2 Å². The summed E-state index contributed by atoms with van der Waals surface area (Å²) < 4.78 is 5.23. The quantitative estimate of drug-likeness (QED) is 0.0873. The van der Waals surface area contributed by atoms with Gasteiger partial charge in [-0.05, 0) is 19.4 Å². The van der Waals surface area contributed by atoms with Gasteiger partial charge in [-0.15, -0.1) is 11.8 Å². The number of H-pyrrole nitrogens is 1. The Labute approximate surface area is 225 Å². The molecule has 38 heavy (non-hydrogen) atoms. The van der Waals surface area contributed by atoms with E-state index in [0.717, 1.165) is 28.2 Å². The first-order chi connectivity index (χ1) is 18.0. The molecule has 2 atom stereocenters. The molecule has 16 nitrogen and oxygen atoms in total. The predicted octanol–water partition coefficient (Wildman–Crippen LogP) is -1.44. The van der Waals surface area contributed by atoms with Crippen LogP contribution in [0.5, 0.6) is 0 Å². The van der Waals surface area contributed by atoms with Gasteiger partial charge < -0.3 is 21.0 Å². The lowest BCUT2D eigenvalue weighted by Gasteiger charge is -2.49. The number of thioether (sulfide) groups is 2. The van der Waals surface area contributed by atoms with Crippen molar-refractivity contribution in [3.63, 3.8) is 0 Å².